The number of amides is 1. The van der Waals surface area contributed by atoms with Gasteiger partial charge in [0.1, 0.15) is 30.0 Å². The van der Waals surface area contributed by atoms with Crippen molar-refractivity contribution in [3.63, 3.8) is 0 Å². The predicted octanol–water partition coefficient (Wildman–Crippen LogP) is 4.49. The van der Waals surface area contributed by atoms with Crippen molar-refractivity contribution in [2.75, 3.05) is 25.5 Å². The van der Waals surface area contributed by atoms with Crippen molar-refractivity contribution in [1.29, 1.82) is 5.26 Å². The Labute approximate surface area is 250 Å². The number of methoxy groups -OCH3 is 1. The number of alkyl halides is 3. The highest BCUT2D eigenvalue weighted by Crippen LogP contribution is 2.36. The average molecular weight is 608 g/mol. The number of piperidine rings is 1. The Morgan fingerprint density at radius 1 is 1.11 bits per heavy atom. The third-order valence-corrected chi connectivity index (χ3v) is 7.22. The van der Waals surface area contributed by atoms with Gasteiger partial charge in [0.15, 0.2) is 0 Å². The summed E-state index contributed by atoms with van der Waals surface area (Å²) in [6.07, 6.45) is 0.380. The number of rotatable bonds is 9. The molecule has 4 aromatic rings. The number of hydrogen-bond donors (Lipinski definition) is 1. The summed E-state index contributed by atoms with van der Waals surface area (Å²) < 4.78 is 51.5. The van der Waals surface area contributed by atoms with Gasteiger partial charge in [0.25, 0.3) is 0 Å². The van der Waals surface area contributed by atoms with Gasteiger partial charge in [0, 0.05) is 31.0 Å². The molecular formula is C29H28F3N9O3. The Morgan fingerprint density at radius 2 is 1.86 bits per heavy atom. The molecule has 228 valence electrons. The summed E-state index contributed by atoms with van der Waals surface area (Å²) in [6, 6.07) is 12.8. The molecule has 12 nitrogen and oxygen atoms in total. The second-order valence-corrected chi connectivity index (χ2v) is 10.2. The molecule has 1 aliphatic rings. The summed E-state index contributed by atoms with van der Waals surface area (Å²) in [5.74, 6) is -0.576. The molecule has 1 N–H and O–H groups in total. The summed E-state index contributed by atoms with van der Waals surface area (Å²) in [4.78, 5) is 21.3. The fourth-order valence-corrected chi connectivity index (χ4v) is 5.01. The van der Waals surface area contributed by atoms with E-state index in [1.54, 1.807) is 36.7 Å². The van der Waals surface area contributed by atoms with E-state index in [1.807, 2.05) is 19.1 Å². The molecular weight excluding hydrogens is 579 g/mol. The second kappa shape index (κ2) is 12.9. The van der Waals surface area contributed by atoms with Gasteiger partial charge in [-0.25, -0.2) is 14.6 Å². The summed E-state index contributed by atoms with van der Waals surface area (Å²) in [7, 11) is 1.53. The quantitative estimate of drug-likeness (QED) is 0.289. The molecule has 0 radical (unpaired) electrons. The van der Waals surface area contributed by atoms with Gasteiger partial charge in [-0.05, 0) is 71.5 Å². The number of ether oxygens (including phenoxy) is 2. The third-order valence-electron chi connectivity index (χ3n) is 7.22. The maximum absolute atomic E-state index is 12.8. The number of nitrogens with zero attached hydrogens (tertiary/aromatic N) is 8. The van der Waals surface area contributed by atoms with Gasteiger partial charge in [0.2, 0.25) is 5.95 Å². The predicted molar refractivity (Wildman–Crippen MR) is 151 cm³/mol. The third kappa shape index (κ3) is 7.02. The van der Waals surface area contributed by atoms with Gasteiger partial charge >= 0.3 is 12.1 Å². The monoisotopic (exact) mass is 607 g/mol. The van der Waals surface area contributed by atoms with Crippen LogP contribution in [0.25, 0.3) is 11.1 Å². The molecule has 2 aromatic heterocycles. The first-order valence-electron chi connectivity index (χ1n) is 13.7. The zero-order chi connectivity index (χ0) is 31.3. The molecule has 1 amide bonds. The van der Waals surface area contributed by atoms with Crippen LogP contribution in [-0.4, -0.2) is 73.5 Å². The zero-order valence-corrected chi connectivity index (χ0v) is 23.8. The Kier molecular flexibility index (Phi) is 8.88. The number of benzene rings is 2. The number of tetrazole rings is 1. The minimum atomic E-state index is -4.87. The SMILES string of the molecule is COc1ccc(C2CCN(C(=O)C(F)(F)F)CC2)cc1Nc1ncc(-c2ccc(C#N)c(OC(C)Cn3cnnn3)c2)cn1. The summed E-state index contributed by atoms with van der Waals surface area (Å²) in [5, 5.41) is 23.8. The lowest BCUT2D eigenvalue weighted by Gasteiger charge is -2.32. The molecule has 1 unspecified atom stereocenters. The van der Waals surface area contributed by atoms with Crippen molar-refractivity contribution >= 4 is 17.5 Å². The van der Waals surface area contributed by atoms with E-state index in [0.717, 1.165) is 16.0 Å². The topological polar surface area (TPSA) is 144 Å². The van der Waals surface area contributed by atoms with Gasteiger partial charge in [-0.1, -0.05) is 12.1 Å². The van der Waals surface area contributed by atoms with E-state index in [1.165, 1.54) is 18.1 Å². The molecule has 1 atom stereocenters. The average Bonchev–Trinajstić information content (AvgIpc) is 3.53. The van der Waals surface area contributed by atoms with Crippen LogP contribution in [0.4, 0.5) is 24.8 Å². The minimum Gasteiger partial charge on any atom is -0.495 e. The number of hydrogen-bond acceptors (Lipinski definition) is 10. The normalized spacial score (nSPS) is 14.5. The number of nitrogens with one attached hydrogen (secondary N) is 1. The van der Waals surface area contributed by atoms with Crippen LogP contribution in [-0.2, 0) is 11.3 Å². The fourth-order valence-electron chi connectivity index (χ4n) is 5.01. The van der Waals surface area contributed by atoms with Crippen LogP contribution in [0.1, 0.15) is 36.8 Å². The van der Waals surface area contributed by atoms with Crippen LogP contribution < -0.4 is 14.8 Å². The maximum atomic E-state index is 12.8. The highest BCUT2D eigenvalue weighted by Gasteiger charge is 2.43. The van der Waals surface area contributed by atoms with Gasteiger partial charge in [-0.2, -0.15) is 18.4 Å². The van der Waals surface area contributed by atoms with Gasteiger partial charge < -0.3 is 19.7 Å². The van der Waals surface area contributed by atoms with Crippen molar-refractivity contribution in [3.8, 4) is 28.7 Å². The van der Waals surface area contributed by atoms with Crippen LogP contribution in [0.3, 0.4) is 0 Å². The number of halogens is 3. The summed E-state index contributed by atoms with van der Waals surface area (Å²) in [5.41, 5.74) is 3.32. The van der Waals surface area contributed by atoms with Gasteiger partial charge in [-0.15, -0.1) is 5.10 Å². The van der Waals surface area contributed by atoms with E-state index in [0.29, 0.717) is 53.6 Å². The van der Waals surface area contributed by atoms with Crippen molar-refractivity contribution in [1.82, 2.24) is 35.1 Å². The first kappa shape index (κ1) is 30.2. The van der Waals surface area contributed by atoms with Gasteiger partial charge in [-0.3, -0.25) is 4.79 Å². The van der Waals surface area contributed by atoms with Crippen molar-refractivity contribution in [3.05, 3.63) is 66.2 Å². The largest absolute Gasteiger partial charge is 0.495 e. The second-order valence-electron chi connectivity index (χ2n) is 10.2. The number of nitriles is 1. The lowest BCUT2D eigenvalue weighted by molar-refractivity contribution is -0.186. The molecule has 5 rings (SSSR count). The number of carbonyl (C=O) groups excluding carboxylic acids is 1. The van der Waals surface area contributed by atoms with E-state index in [-0.39, 0.29) is 25.1 Å². The molecule has 0 bridgehead atoms. The summed E-state index contributed by atoms with van der Waals surface area (Å²) >= 11 is 0. The van der Waals surface area contributed by atoms with E-state index >= 15 is 0 Å². The zero-order valence-electron chi connectivity index (χ0n) is 23.8. The summed E-state index contributed by atoms with van der Waals surface area (Å²) in [6.45, 7) is 2.30. The lowest BCUT2D eigenvalue weighted by Crippen LogP contribution is -2.45. The molecule has 1 saturated heterocycles. The molecule has 0 spiro atoms. The lowest BCUT2D eigenvalue weighted by atomic mass is 9.89. The molecule has 0 saturated carbocycles. The highest BCUT2D eigenvalue weighted by molar-refractivity contribution is 5.82. The van der Waals surface area contributed by atoms with Crippen LogP contribution in [0.5, 0.6) is 11.5 Å². The standard InChI is InChI=1S/C29H28F3N9O3/c1-18(16-41-17-36-38-39-41)44-26-12-21(3-4-22(26)13-33)23-14-34-28(35-15-23)37-24-11-20(5-6-25(24)43-2)19-7-9-40(10-8-19)27(42)29(30,31)32/h3-6,11-12,14-15,17-19H,7-10,16H2,1-2H3,(H,34,35,37). The van der Waals surface area contributed by atoms with Crippen LogP contribution >= 0.6 is 0 Å². The van der Waals surface area contributed by atoms with Crippen LogP contribution in [0.2, 0.25) is 0 Å². The van der Waals surface area contributed by atoms with Crippen molar-refractivity contribution in [2.45, 2.75) is 44.5 Å². The van der Waals surface area contributed by atoms with Crippen LogP contribution in [0.15, 0.2) is 55.1 Å². The number of anilines is 2. The van der Waals surface area contributed by atoms with Crippen LogP contribution in [0, 0.1) is 11.3 Å². The Bertz CT molecular complexity index is 1630. The fraction of sp³-hybridized carbons (Fsp3) is 0.345. The van der Waals surface area contributed by atoms with E-state index in [2.05, 4.69) is 36.9 Å². The highest BCUT2D eigenvalue weighted by atomic mass is 19.4. The van der Waals surface area contributed by atoms with Crippen molar-refractivity contribution in [2.24, 2.45) is 0 Å². The molecule has 2 aromatic carbocycles. The molecule has 15 heteroatoms. The Morgan fingerprint density at radius 3 is 2.50 bits per heavy atom. The molecule has 3 heterocycles. The molecule has 44 heavy (non-hydrogen) atoms. The maximum Gasteiger partial charge on any atom is 0.471 e. The molecule has 1 fully saturated rings. The smallest absolute Gasteiger partial charge is 0.471 e. The van der Waals surface area contributed by atoms with E-state index in [9.17, 15) is 23.2 Å². The van der Waals surface area contributed by atoms with E-state index < -0.39 is 12.1 Å². The number of aromatic nitrogens is 6. The molecule has 1 aliphatic heterocycles. The Hall–Kier alpha value is -5.26. The molecule has 0 aliphatic carbocycles. The first-order chi connectivity index (χ1) is 21.1. The number of carbonyl (C=O) groups is 1. The van der Waals surface area contributed by atoms with Crippen molar-refractivity contribution < 1.29 is 27.4 Å². The van der Waals surface area contributed by atoms with Gasteiger partial charge in [0.05, 0.1) is 24.9 Å². The van der Waals surface area contributed by atoms with E-state index in [4.69, 9.17) is 9.47 Å². The Balaban J connectivity index is 1.28. The first-order valence-corrected chi connectivity index (χ1v) is 13.7. The number of likely N-dealkylation sites (tertiary alicyclic amines) is 1. The minimum absolute atomic E-state index is 0.0228.